The number of hydrogen-bond donors (Lipinski definition) is 3. The van der Waals surface area contributed by atoms with Crippen molar-refractivity contribution >= 4 is 12.0 Å². The van der Waals surface area contributed by atoms with Gasteiger partial charge in [0.15, 0.2) is 0 Å². The molecule has 0 spiro atoms. The minimum Gasteiger partial charge on any atom is -0.481 e. The third kappa shape index (κ3) is 3.40. The van der Waals surface area contributed by atoms with Crippen molar-refractivity contribution in [1.82, 2.24) is 15.5 Å². The van der Waals surface area contributed by atoms with Crippen LogP contribution in [0.25, 0.3) is 0 Å². The Labute approximate surface area is 158 Å². The second-order valence-electron chi connectivity index (χ2n) is 7.37. The molecule has 6 heteroatoms. The molecule has 140 valence electrons. The Kier molecular flexibility index (Phi) is 4.58. The Bertz CT molecular complexity index is 882. The van der Waals surface area contributed by atoms with Crippen LogP contribution in [0.15, 0.2) is 48.5 Å². The quantitative estimate of drug-likeness (QED) is 0.781. The number of nitrogens with zero attached hydrogens (tertiary/aromatic N) is 1. The molecule has 3 atom stereocenters. The largest absolute Gasteiger partial charge is 0.481 e. The molecule has 1 aliphatic heterocycles. The van der Waals surface area contributed by atoms with Crippen molar-refractivity contribution in [3.8, 4) is 0 Å². The maximum absolute atomic E-state index is 12.7. The Morgan fingerprint density at radius 3 is 2.33 bits per heavy atom. The molecule has 6 nitrogen and oxygen atoms in total. The van der Waals surface area contributed by atoms with Crippen LogP contribution in [0.4, 0.5) is 4.79 Å². The molecule has 4 rings (SSSR count). The molecule has 0 saturated carbocycles. The Morgan fingerprint density at radius 1 is 0.963 bits per heavy atom. The normalized spacial score (nSPS) is 24.0. The molecule has 27 heavy (non-hydrogen) atoms. The molecule has 0 saturated heterocycles. The summed E-state index contributed by atoms with van der Waals surface area (Å²) < 4.78 is 0. The minimum absolute atomic E-state index is 0.0909. The van der Waals surface area contributed by atoms with E-state index in [-0.39, 0.29) is 18.1 Å². The number of aliphatic carboxylic acids is 1. The topological polar surface area (TPSA) is 81.7 Å². The van der Waals surface area contributed by atoms with E-state index in [2.05, 4.69) is 27.7 Å². The number of carbonyl (C=O) groups excluding carboxylic acids is 1. The third-order valence-electron chi connectivity index (χ3n) is 5.49. The molecule has 0 aromatic heterocycles. The van der Waals surface area contributed by atoms with Gasteiger partial charge in [0, 0.05) is 13.1 Å². The predicted octanol–water partition coefficient (Wildman–Crippen LogP) is 2.79. The van der Waals surface area contributed by atoms with Gasteiger partial charge in [-0.15, -0.1) is 0 Å². The fourth-order valence-electron chi connectivity index (χ4n) is 4.27. The van der Waals surface area contributed by atoms with E-state index in [1.165, 1.54) is 5.56 Å². The highest BCUT2D eigenvalue weighted by Gasteiger charge is 2.36. The molecule has 0 fully saturated rings. The van der Waals surface area contributed by atoms with Crippen LogP contribution in [0.1, 0.15) is 46.7 Å². The van der Waals surface area contributed by atoms with E-state index >= 15 is 0 Å². The van der Waals surface area contributed by atoms with Gasteiger partial charge in [0.2, 0.25) is 0 Å². The van der Waals surface area contributed by atoms with E-state index in [4.69, 9.17) is 0 Å². The lowest BCUT2D eigenvalue weighted by Crippen LogP contribution is -2.45. The zero-order valence-corrected chi connectivity index (χ0v) is 15.2. The molecular formula is C21H23N3O3. The van der Waals surface area contributed by atoms with Gasteiger partial charge in [-0.3, -0.25) is 9.69 Å². The summed E-state index contributed by atoms with van der Waals surface area (Å²) >= 11 is 0. The van der Waals surface area contributed by atoms with E-state index in [1.807, 2.05) is 43.4 Å². The van der Waals surface area contributed by atoms with Gasteiger partial charge in [0.25, 0.3) is 0 Å². The number of urea groups is 1. The van der Waals surface area contributed by atoms with Crippen LogP contribution in [0.3, 0.4) is 0 Å². The van der Waals surface area contributed by atoms with Gasteiger partial charge in [-0.1, -0.05) is 48.5 Å². The van der Waals surface area contributed by atoms with Crippen LogP contribution < -0.4 is 10.6 Å². The summed E-state index contributed by atoms with van der Waals surface area (Å²) in [5.74, 6) is -1.43. The smallest absolute Gasteiger partial charge is 0.315 e. The highest BCUT2D eigenvalue weighted by Crippen LogP contribution is 2.40. The maximum atomic E-state index is 12.7. The molecular weight excluding hydrogens is 342 g/mol. The lowest BCUT2D eigenvalue weighted by Gasteiger charge is -2.33. The Hall–Kier alpha value is -2.86. The van der Waals surface area contributed by atoms with Crippen molar-refractivity contribution in [3.05, 3.63) is 70.8 Å². The van der Waals surface area contributed by atoms with E-state index < -0.39 is 11.9 Å². The van der Waals surface area contributed by atoms with Crippen LogP contribution in [-0.2, 0) is 11.3 Å². The lowest BCUT2D eigenvalue weighted by molar-refractivity contribution is -0.138. The summed E-state index contributed by atoms with van der Waals surface area (Å²) in [4.78, 5) is 26.4. The first kappa shape index (κ1) is 17.5. The van der Waals surface area contributed by atoms with Crippen molar-refractivity contribution in [2.45, 2.75) is 31.0 Å². The molecule has 0 radical (unpaired) electrons. The van der Waals surface area contributed by atoms with Crippen molar-refractivity contribution in [2.24, 2.45) is 0 Å². The van der Waals surface area contributed by atoms with Crippen molar-refractivity contribution in [1.29, 1.82) is 0 Å². The standard InChI is InChI=1S/C21H23N3O3/c1-24-11-13-6-2-3-7-14(13)19(12-24)23-21(27)22-18-10-17(20(25)26)15-8-4-5-9-16(15)18/h2-9,17-19H,10-12H2,1H3,(H,25,26)(H2,22,23,27). The summed E-state index contributed by atoms with van der Waals surface area (Å²) in [6, 6.07) is 14.9. The van der Waals surface area contributed by atoms with Crippen LogP contribution in [-0.4, -0.2) is 35.6 Å². The average molecular weight is 365 g/mol. The lowest BCUT2D eigenvalue weighted by atomic mass is 9.96. The van der Waals surface area contributed by atoms with Gasteiger partial charge in [-0.25, -0.2) is 4.79 Å². The van der Waals surface area contributed by atoms with Crippen LogP contribution in [0, 0.1) is 0 Å². The number of likely N-dealkylation sites (N-methyl/N-ethyl adjacent to an activating group) is 1. The zero-order valence-electron chi connectivity index (χ0n) is 15.2. The van der Waals surface area contributed by atoms with Gasteiger partial charge in [-0.05, 0) is 35.7 Å². The molecule has 2 amide bonds. The van der Waals surface area contributed by atoms with E-state index in [0.717, 1.165) is 29.8 Å². The first-order chi connectivity index (χ1) is 13.0. The molecule has 3 unspecified atom stereocenters. The second kappa shape index (κ2) is 7.04. The number of fused-ring (bicyclic) bond motifs is 2. The van der Waals surface area contributed by atoms with Crippen molar-refractivity contribution in [2.75, 3.05) is 13.6 Å². The fraction of sp³-hybridized carbons (Fsp3) is 0.333. The minimum atomic E-state index is -0.852. The number of nitrogens with one attached hydrogen (secondary N) is 2. The average Bonchev–Trinajstić information content (AvgIpc) is 3.00. The van der Waals surface area contributed by atoms with Crippen LogP contribution in [0.2, 0.25) is 0 Å². The molecule has 2 aliphatic rings. The monoisotopic (exact) mass is 365 g/mol. The molecule has 0 bridgehead atoms. The SMILES string of the molecule is CN1Cc2ccccc2C(NC(=O)NC2CC(C(=O)O)c3ccccc32)C1. The molecule has 1 heterocycles. The third-order valence-corrected chi connectivity index (χ3v) is 5.49. The number of rotatable bonds is 3. The Balaban J connectivity index is 1.49. The summed E-state index contributed by atoms with van der Waals surface area (Å²) in [6.07, 6.45) is 0.378. The van der Waals surface area contributed by atoms with E-state index in [0.29, 0.717) is 6.42 Å². The molecule has 2 aromatic carbocycles. The van der Waals surface area contributed by atoms with Gasteiger partial charge in [0.1, 0.15) is 0 Å². The van der Waals surface area contributed by atoms with E-state index in [1.54, 1.807) is 0 Å². The van der Waals surface area contributed by atoms with Gasteiger partial charge < -0.3 is 15.7 Å². The van der Waals surface area contributed by atoms with Crippen LogP contribution in [0.5, 0.6) is 0 Å². The van der Waals surface area contributed by atoms with Crippen molar-refractivity contribution in [3.63, 3.8) is 0 Å². The van der Waals surface area contributed by atoms with E-state index in [9.17, 15) is 14.7 Å². The molecule has 3 N–H and O–H groups in total. The number of benzene rings is 2. The summed E-state index contributed by atoms with van der Waals surface area (Å²) in [5, 5.41) is 15.5. The van der Waals surface area contributed by atoms with Gasteiger partial charge in [-0.2, -0.15) is 0 Å². The second-order valence-corrected chi connectivity index (χ2v) is 7.37. The molecule has 1 aliphatic carbocycles. The number of amides is 2. The van der Waals surface area contributed by atoms with Crippen LogP contribution >= 0.6 is 0 Å². The summed E-state index contributed by atoms with van der Waals surface area (Å²) in [7, 11) is 2.03. The van der Waals surface area contributed by atoms with Gasteiger partial charge >= 0.3 is 12.0 Å². The predicted molar refractivity (Wildman–Crippen MR) is 101 cm³/mol. The van der Waals surface area contributed by atoms with Gasteiger partial charge in [0.05, 0.1) is 18.0 Å². The number of carbonyl (C=O) groups is 2. The fourth-order valence-corrected chi connectivity index (χ4v) is 4.27. The first-order valence-corrected chi connectivity index (χ1v) is 9.18. The van der Waals surface area contributed by atoms with Crippen molar-refractivity contribution < 1.29 is 14.7 Å². The number of carboxylic acid groups (broad SMARTS) is 1. The molecule has 2 aromatic rings. The Morgan fingerprint density at radius 2 is 1.59 bits per heavy atom. The number of hydrogen-bond acceptors (Lipinski definition) is 3. The zero-order chi connectivity index (χ0) is 19.0. The highest BCUT2D eigenvalue weighted by atomic mass is 16.4. The highest BCUT2D eigenvalue weighted by molar-refractivity contribution is 5.80. The summed E-state index contributed by atoms with van der Waals surface area (Å²) in [5.41, 5.74) is 4.04. The maximum Gasteiger partial charge on any atom is 0.315 e. The summed E-state index contributed by atoms with van der Waals surface area (Å²) in [6.45, 7) is 1.61. The first-order valence-electron chi connectivity index (χ1n) is 9.18. The number of carboxylic acids is 1.